The lowest BCUT2D eigenvalue weighted by Gasteiger charge is -2.08. The Morgan fingerprint density at radius 1 is 1.39 bits per heavy atom. The molecule has 8 heteroatoms. The Morgan fingerprint density at radius 2 is 2.13 bits per heavy atom. The molecule has 1 unspecified atom stereocenters. The van der Waals surface area contributed by atoms with Gasteiger partial charge in [0.1, 0.15) is 0 Å². The first-order chi connectivity index (χ1) is 11.0. The summed E-state index contributed by atoms with van der Waals surface area (Å²) in [6.07, 6.45) is 1.46. The van der Waals surface area contributed by atoms with Crippen LogP contribution in [0.25, 0.3) is 10.9 Å². The van der Waals surface area contributed by atoms with Crippen molar-refractivity contribution >= 4 is 22.8 Å². The van der Waals surface area contributed by atoms with Crippen LogP contribution in [0.4, 0.5) is 0 Å². The SMILES string of the molecule is CCOC(=O)C(Cc1c[nH]c2ccc(C(=O)OC)cc12)[N+](=O)[O-]. The van der Waals surface area contributed by atoms with E-state index in [1.165, 1.54) is 7.11 Å². The lowest BCUT2D eigenvalue weighted by Crippen LogP contribution is -2.33. The van der Waals surface area contributed by atoms with Crippen LogP contribution in [0, 0.1) is 10.1 Å². The Hall–Kier alpha value is -2.90. The quantitative estimate of drug-likeness (QED) is 0.492. The van der Waals surface area contributed by atoms with Gasteiger partial charge in [0.15, 0.2) is 0 Å². The standard InChI is InChI=1S/C15H16N2O6/c1-3-23-15(19)13(17(20)21)7-10-8-16-12-5-4-9(6-11(10)12)14(18)22-2/h4-6,8,13,16H,3,7H2,1-2H3. The molecule has 0 radical (unpaired) electrons. The van der Waals surface area contributed by atoms with Crippen LogP contribution in [0.3, 0.4) is 0 Å². The van der Waals surface area contributed by atoms with Crippen LogP contribution in [0.1, 0.15) is 22.8 Å². The molecule has 1 heterocycles. The summed E-state index contributed by atoms with van der Waals surface area (Å²) in [6, 6.07) is 3.35. The molecule has 2 rings (SSSR count). The van der Waals surface area contributed by atoms with Gasteiger partial charge in [-0.3, -0.25) is 10.1 Å². The van der Waals surface area contributed by atoms with E-state index >= 15 is 0 Å². The second-order valence-electron chi connectivity index (χ2n) is 4.82. The number of methoxy groups -OCH3 is 1. The molecule has 0 spiro atoms. The fraction of sp³-hybridized carbons (Fsp3) is 0.333. The van der Waals surface area contributed by atoms with E-state index in [2.05, 4.69) is 9.72 Å². The van der Waals surface area contributed by atoms with Crippen molar-refractivity contribution in [2.75, 3.05) is 13.7 Å². The third-order valence-electron chi connectivity index (χ3n) is 3.41. The van der Waals surface area contributed by atoms with Gasteiger partial charge in [-0.1, -0.05) is 0 Å². The van der Waals surface area contributed by atoms with Gasteiger partial charge in [0.05, 0.1) is 25.7 Å². The van der Waals surface area contributed by atoms with Gasteiger partial charge in [-0.05, 0) is 30.7 Å². The van der Waals surface area contributed by atoms with Gasteiger partial charge in [0, 0.05) is 22.0 Å². The number of hydrogen-bond acceptors (Lipinski definition) is 6. The fourth-order valence-corrected chi connectivity index (χ4v) is 2.28. The highest BCUT2D eigenvalue weighted by Gasteiger charge is 2.32. The van der Waals surface area contributed by atoms with E-state index < -0.39 is 22.9 Å². The predicted molar refractivity (Wildman–Crippen MR) is 80.8 cm³/mol. The van der Waals surface area contributed by atoms with Gasteiger partial charge in [0.2, 0.25) is 0 Å². The lowest BCUT2D eigenvalue weighted by molar-refractivity contribution is -0.510. The summed E-state index contributed by atoms with van der Waals surface area (Å²) in [7, 11) is 1.27. The summed E-state index contributed by atoms with van der Waals surface area (Å²) < 4.78 is 9.40. The van der Waals surface area contributed by atoms with Crippen molar-refractivity contribution in [3.8, 4) is 0 Å². The Bertz CT molecular complexity index is 752. The number of esters is 2. The van der Waals surface area contributed by atoms with E-state index in [0.29, 0.717) is 22.0 Å². The van der Waals surface area contributed by atoms with Crippen molar-refractivity contribution in [2.45, 2.75) is 19.4 Å². The maximum absolute atomic E-state index is 11.7. The highest BCUT2D eigenvalue weighted by atomic mass is 16.6. The zero-order valence-electron chi connectivity index (χ0n) is 12.7. The molecule has 0 saturated heterocycles. The second kappa shape index (κ2) is 6.91. The molecule has 0 aliphatic heterocycles. The average molecular weight is 320 g/mol. The first-order valence-electron chi connectivity index (χ1n) is 6.96. The van der Waals surface area contributed by atoms with E-state index in [4.69, 9.17) is 4.74 Å². The van der Waals surface area contributed by atoms with Crippen LogP contribution in [0.15, 0.2) is 24.4 Å². The average Bonchev–Trinajstić information content (AvgIpc) is 2.93. The molecular formula is C15H16N2O6. The molecule has 1 aromatic carbocycles. The zero-order chi connectivity index (χ0) is 17.0. The summed E-state index contributed by atoms with van der Waals surface area (Å²) in [6.45, 7) is 1.66. The second-order valence-corrected chi connectivity index (χ2v) is 4.82. The van der Waals surface area contributed by atoms with E-state index in [-0.39, 0.29) is 13.0 Å². The molecule has 0 saturated carbocycles. The van der Waals surface area contributed by atoms with Crippen molar-refractivity contribution in [3.05, 3.63) is 45.6 Å². The van der Waals surface area contributed by atoms with Crippen molar-refractivity contribution in [1.82, 2.24) is 4.98 Å². The Kier molecular flexibility index (Phi) is 4.95. The molecule has 2 aromatic rings. The molecule has 23 heavy (non-hydrogen) atoms. The smallest absolute Gasteiger partial charge is 0.382 e. The third-order valence-corrected chi connectivity index (χ3v) is 3.41. The van der Waals surface area contributed by atoms with Gasteiger partial charge in [-0.25, -0.2) is 9.59 Å². The number of hydrogen-bond donors (Lipinski definition) is 1. The van der Waals surface area contributed by atoms with E-state index in [0.717, 1.165) is 0 Å². The molecule has 1 atom stereocenters. The third kappa shape index (κ3) is 3.47. The van der Waals surface area contributed by atoms with Gasteiger partial charge >= 0.3 is 18.0 Å². The fourth-order valence-electron chi connectivity index (χ4n) is 2.28. The van der Waals surface area contributed by atoms with Gasteiger partial charge in [-0.2, -0.15) is 0 Å². The highest BCUT2D eigenvalue weighted by molar-refractivity contribution is 5.95. The minimum atomic E-state index is -1.49. The number of nitrogens with zero attached hydrogens (tertiary/aromatic N) is 1. The molecule has 122 valence electrons. The number of aromatic amines is 1. The first-order valence-corrected chi connectivity index (χ1v) is 6.96. The van der Waals surface area contributed by atoms with Crippen molar-refractivity contribution < 1.29 is 24.0 Å². The van der Waals surface area contributed by atoms with Crippen LogP contribution in [0.2, 0.25) is 0 Å². The van der Waals surface area contributed by atoms with Crippen LogP contribution in [-0.2, 0) is 20.7 Å². The number of H-pyrrole nitrogens is 1. The molecule has 1 aromatic heterocycles. The maximum Gasteiger partial charge on any atom is 0.382 e. The number of carbonyl (C=O) groups excluding carboxylic acids is 2. The number of fused-ring (bicyclic) bond motifs is 1. The van der Waals surface area contributed by atoms with Crippen LogP contribution >= 0.6 is 0 Å². The Balaban J connectivity index is 2.36. The van der Waals surface area contributed by atoms with Crippen LogP contribution < -0.4 is 0 Å². The van der Waals surface area contributed by atoms with E-state index in [1.807, 2.05) is 0 Å². The molecule has 8 nitrogen and oxygen atoms in total. The molecule has 0 aliphatic carbocycles. The molecule has 0 amide bonds. The number of nitro groups is 1. The normalized spacial score (nSPS) is 11.9. The van der Waals surface area contributed by atoms with Crippen LogP contribution in [0.5, 0.6) is 0 Å². The number of ether oxygens (including phenoxy) is 2. The van der Waals surface area contributed by atoms with Crippen molar-refractivity contribution in [1.29, 1.82) is 0 Å². The van der Waals surface area contributed by atoms with Gasteiger partial charge in [-0.15, -0.1) is 0 Å². The summed E-state index contributed by atoms with van der Waals surface area (Å²) in [5.41, 5.74) is 1.59. The van der Waals surface area contributed by atoms with E-state index in [1.54, 1.807) is 31.3 Å². The zero-order valence-corrected chi connectivity index (χ0v) is 12.7. The molecule has 0 fully saturated rings. The maximum atomic E-state index is 11.7. The molecular weight excluding hydrogens is 304 g/mol. The Labute approximate surface area is 131 Å². The summed E-state index contributed by atoms with van der Waals surface area (Å²) in [5.74, 6) is -1.38. The molecule has 0 bridgehead atoms. The molecule has 0 aliphatic rings. The summed E-state index contributed by atoms with van der Waals surface area (Å²) >= 11 is 0. The summed E-state index contributed by atoms with van der Waals surface area (Å²) in [5, 5.41) is 11.7. The summed E-state index contributed by atoms with van der Waals surface area (Å²) in [4.78, 5) is 36.7. The number of benzene rings is 1. The highest BCUT2D eigenvalue weighted by Crippen LogP contribution is 2.22. The topological polar surface area (TPSA) is 112 Å². The first kappa shape index (κ1) is 16.5. The minimum absolute atomic E-state index is 0.0730. The monoisotopic (exact) mass is 320 g/mol. The van der Waals surface area contributed by atoms with Crippen molar-refractivity contribution in [3.63, 3.8) is 0 Å². The number of nitrogens with one attached hydrogen (secondary N) is 1. The van der Waals surface area contributed by atoms with Crippen molar-refractivity contribution in [2.24, 2.45) is 0 Å². The number of aromatic nitrogens is 1. The van der Waals surface area contributed by atoms with E-state index in [9.17, 15) is 19.7 Å². The Morgan fingerprint density at radius 3 is 2.74 bits per heavy atom. The minimum Gasteiger partial charge on any atom is -0.465 e. The predicted octanol–water partition coefficient (Wildman–Crippen LogP) is 1.71. The lowest BCUT2D eigenvalue weighted by atomic mass is 10.0. The number of carbonyl (C=O) groups is 2. The van der Waals surface area contributed by atoms with Gasteiger partial charge in [0.25, 0.3) is 0 Å². The van der Waals surface area contributed by atoms with Gasteiger partial charge < -0.3 is 14.5 Å². The number of rotatable bonds is 6. The molecule has 1 N–H and O–H groups in total. The largest absolute Gasteiger partial charge is 0.465 e. The van der Waals surface area contributed by atoms with Crippen LogP contribution in [-0.4, -0.2) is 41.6 Å².